The van der Waals surface area contributed by atoms with Crippen LogP contribution in [0.2, 0.25) is 18.1 Å². The van der Waals surface area contributed by atoms with Gasteiger partial charge in [0, 0.05) is 0 Å². The van der Waals surface area contributed by atoms with Crippen LogP contribution in [0.4, 0.5) is 0 Å². The van der Waals surface area contributed by atoms with Crippen LogP contribution in [0, 0.1) is 17.8 Å². The Balaban J connectivity index is 2.29. The van der Waals surface area contributed by atoms with Gasteiger partial charge in [-0.2, -0.15) is 0 Å². The summed E-state index contributed by atoms with van der Waals surface area (Å²) in [4.78, 5) is 0. The van der Waals surface area contributed by atoms with Crippen molar-refractivity contribution >= 4 is 8.32 Å². The van der Waals surface area contributed by atoms with Crippen LogP contribution in [0.5, 0.6) is 0 Å². The molecule has 3 heteroatoms. The molecule has 0 aromatic carbocycles. The van der Waals surface area contributed by atoms with E-state index in [2.05, 4.69) is 53.8 Å². The first-order chi connectivity index (χ1) is 12.5. The van der Waals surface area contributed by atoms with Crippen LogP contribution >= 0.6 is 0 Å². The van der Waals surface area contributed by atoms with Crippen LogP contribution in [0.3, 0.4) is 0 Å². The van der Waals surface area contributed by atoms with Crippen molar-refractivity contribution in [2.75, 3.05) is 0 Å². The molecule has 0 aliphatic heterocycles. The quantitative estimate of drug-likeness (QED) is 0.409. The molecule has 0 unspecified atom stereocenters. The Morgan fingerprint density at radius 1 is 1.00 bits per heavy atom. The molecular weight excluding hydrogens is 348 g/mol. The van der Waals surface area contributed by atoms with Gasteiger partial charge in [-0.3, -0.25) is 0 Å². The predicted octanol–water partition coefficient (Wildman–Crippen LogP) is 7.09. The second-order valence-electron chi connectivity index (χ2n) is 11.1. The maximum absolute atomic E-state index is 10.6. The second kappa shape index (κ2) is 9.58. The zero-order chi connectivity index (χ0) is 20.2. The summed E-state index contributed by atoms with van der Waals surface area (Å²) in [6.45, 7) is 16.5. The van der Waals surface area contributed by atoms with Crippen molar-refractivity contribution in [1.29, 1.82) is 0 Å². The van der Waals surface area contributed by atoms with Crippen molar-refractivity contribution in [3.8, 4) is 0 Å². The van der Waals surface area contributed by atoms with Crippen molar-refractivity contribution < 1.29 is 9.53 Å². The summed E-state index contributed by atoms with van der Waals surface area (Å²) in [6.07, 6.45) is 13.3. The average Bonchev–Trinajstić information content (AvgIpc) is 2.85. The van der Waals surface area contributed by atoms with Crippen LogP contribution in [-0.4, -0.2) is 25.6 Å². The highest BCUT2D eigenvalue weighted by molar-refractivity contribution is 6.74. The van der Waals surface area contributed by atoms with Gasteiger partial charge in [0.2, 0.25) is 0 Å². The van der Waals surface area contributed by atoms with Crippen molar-refractivity contribution in [3.05, 3.63) is 11.6 Å². The minimum atomic E-state index is -1.79. The summed E-state index contributed by atoms with van der Waals surface area (Å²) in [5.74, 6) is 1.82. The van der Waals surface area contributed by atoms with E-state index in [0.717, 1.165) is 19.3 Å². The molecule has 2 bridgehead atoms. The number of rotatable bonds is 3. The number of hydrogen-bond donors (Lipinski definition) is 1. The first kappa shape index (κ1) is 23.2. The first-order valence-corrected chi connectivity index (χ1v) is 14.5. The Hall–Kier alpha value is -0.123. The molecule has 1 saturated carbocycles. The summed E-state index contributed by atoms with van der Waals surface area (Å²) in [5.41, 5.74) is 1.49. The van der Waals surface area contributed by atoms with E-state index in [4.69, 9.17) is 4.43 Å². The lowest BCUT2D eigenvalue weighted by Gasteiger charge is -2.40. The summed E-state index contributed by atoms with van der Waals surface area (Å²) in [5, 5.41) is 10.9. The maximum Gasteiger partial charge on any atom is 0.192 e. The standard InChI is InChI=1S/C24H46O2Si/c1-18(2)23-19-16-20(25)14-12-10-8-9-11-13-15-21(23)22(17-19)26-27(6,7)24(3,4)5/h16,18,20-23,25H,8-15,17H2,1-7H3/b19-16+/t20-,21+,22+,23+/m1/s1. The third-order valence-electron chi connectivity index (χ3n) is 7.47. The van der Waals surface area contributed by atoms with Gasteiger partial charge in [-0.15, -0.1) is 0 Å². The van der Waals surface area contributed by atoms with Gasteiger partial charge >= 0.3 is 0 Å². The van der Waals surface area contributed by atoms with Crippen LogP contribution in [0.1, 0.15) is 92.4 Å². The molecule has 2 aliphatic carbocycles. The number of aliphatic hydroxyl groups is 1. The van der Waals surface area contributed by atoms with Crippen molar-refractivity contribution in [1.82, 2.24) is 0 Å². The van der Waals surface area contributed by atoms with Crippen molar-refractivity contribution in [3.63, 3.8) is 0 Å². The maximum atomic E-state index is 10.6. The van der Waals surface area contributed by atoms with Gasteiger partial charge in [0.05, 0.1) is 12.2 Å². The minimum absolute atomic E-state index is 0.248. The molecule has 0 spiro atoms. The molecular formula is C24H46O2Si. The van der Waals surface area contributed by atoms with Crippen LogP contribution in [0.25, 0.3) is 0 Å². The van der Waals surface area contributed by atoms with E-state index in [1.54, 1.807) is 0 Å². The Labute approximate surface area is 170 Å². The normalized spacial score (nSPS) is 33.7. The molecule has 2 nitrogen and oxygen atoms in total. The monoisotopic (exact) mass is 394 g/mol. The highest BCUT2D eigenvalue weighted by Gasteiger charge is 2.46. The molecule has 0 amide bonds. The third-order valence-corrected chi connectivity index (χ3v) is 12.0. The Bertz CT molecular complexity index is 489. The van der Waals surface area contributed by atoms with Gasteiger partial charge in [0.25, 0.3) is 0 Å². The fourth-order valence-corrected chi connectivity index (χ4v) is 6.32. The molecule has 158 valence electrons. The lowest BCUT2D eigenvalue weighted by atomic mass is 9.80. The van der Waals surface area contributed by atoms with Gasteiger partial charge < -0.3 is 9.53 Å². The number of hydrogen-bond acceptors (Lipinski definition) is 2. The summed E-state index contributed by atoms with van der Waals surface area (Å²) < 4.78 is 6.99. The second-order valence-corrected chi connectivity index (χ2v) is 15.8. The van der Waals surface area contributed by atoms with E-state index >= 15 is 0 Å². The molecule has 1 N–H and O–H groups in total. The summed E-state index contributed by atoms with van der Waals surface area (Å²) in [7, 11) is -1.79. The largest absolute Gasteiger partial charge is 0.413 e. The Kier molecular flexibility index (Phi) is 8.22. The topological polar surface area (TPSA) is 29.5 Å². The number of fused-ring (bicyclic) bond motifs is 2. The molecule has 0 heterocycles. The fraction of sp³-hybridized carbons (Fsp3) is 0.917. The van der Waals surface area contributed by atoms with Gasteiger partial charge in [-0.05, 0) is 55.1 Å². The van der Waals surface area contributed by atoms with Gasteiger partial charge in [-0.1, -0.05) is 84.8 Å². The summed E-state index contributed by atoms with van der Waals surface area (Å²) in [6, 6.07) is 0. The molecule has 2 aliphatic rings. The highest BCUT2D eigenvalue weighted by Crippen LogP contribution is 2.48. The third kappa shape index (κ3) is 6.18. The van der Waals surface area contributed by atoms with Crippen LogP contribution in [0.15, 0.2) is 11.6 Å². The van der Waals surface area contributed by atoms with E-state index in [9.17, 15) is 5.11 Å². The lowest BCUT2D eigenvalue weighted by molar-refractivity contribution is 0.108. The van der Waals surface area contributed by atoms with Crippen LogP contribution in [-0.2, 0) is 4.43 Å². The molecule has 1 fully saturated rings. The van der Waals surface area contributed by atoms with Gasteiger partial charge in [0.1, 0.15) is 0 Å². The molecule has 27 heavy (non-hydrogen) atoms. The predicted molar refractivity (Wildman–Crippen MR) is 120 cm³/mol. The zero-order valence-electron chi connectivity index (χ0n) is 19.2. The Morgan fingerprint density at radius 2 is 1.56 bits per heavy atom. The molecule has 4 atom stereocenters. The Morgan fingerprint density at radius 3 is 2.11 bits per heavy atom. The zero-order valence-corrected chi connectivity index (χ0v) is 20.2. The molecule has 0 aromatic rings. The molecule has 0 radical (unpaired) electrons. The number of aliphatic hydroxyl groups excluding tert-OH is 1. The molecule has 0 saturated heterocycles. The lowest BCUT2D eigenvalue weighted by Crippen LogP contribution is -2.45. The summed E-state index contributed by atoms with van der Waals surface area (Å²) >= 11 is 0. The molecule has 0 aromatic heterocycles. The fourth-order valence-electron chi connectivity index (χ4n) is 4.95. The van der Waals surface area contributed by atoms with Gasteiger partial charge in [-0.25, -0.2) is 0 Å². The van der Waals surface area contributed by atoms with E-state index < -0.39 is 8.32 Å². The SMILES string of the molecule is CC(C)[C@H]1/C2=C/[C@H](O)CCCCCCCC[C@H]1[C@@H](O[Si](C)(C)C(C)(C)C)C2. The average molecular weight is 395 g/mol. The van der Waals surface area contributed by atoms with E-state index in [0.29, 0.717) is 23.9 Å². The smallest absolute Gasteiger partial charge is 0.192 e. The first-order valence-electron chi connectivity index (χ1n) is 11.6. The van der Waals surface area contributed by atoms with Gasteiger partial charge in [0.15, 0.2) is 8.32 Å². The minimum Gasteiger partial charge on any atom is -0.413 e. The van der Waals surface area contributed by atoms with Crippen molar-refractivity contribution in [2.24, 2.45) is 17.8 Å². The van der Waals surface area contributed by atoms with Crippen LogP contribution < -0.4 is 0 Å². The highest BCUT2D eigenvalue weighted by atomic mass is 28.4. The van der Waals surface area contributed by atoms with E-state index in [1.807, 2.05) is 0 Å². The van der Waals surface area contributed by atoms with E-state index in [1.165, 1.54) is 44.1 Å². The van der Waals surface area contributed by atoms with E-state index in [-0.39, 0.29) is 11.1 Å². The van der Waals surface area contributed by atoms with Crippen molar-refractivity contribution in [2.45, 2.75) is 123 Å². The molecule has 2 rings (SSSR count).